The summed E-state index contributed by atoms with van der Waals surface area (Å²) in [5.74, 6) is -1.34. The number of anilines is 1. The number of amides is 2. The Hall–Kier alpha value is -3.37. The monoisotopic (exact) mass is 690 g/mol. The van der Waals surface area contributed by atoms with Crippen LogP contribution in [0.1, 0.15) is 74.7 Å². The van der Waals surface area contributed by atoms with Gasteiger partial charge in [0.2, 0.25) is 5.91 Å². The van der Waals surface area contributed by atoms with Crippen molar-refractivity contribution >= 4 is 27.5 Å². The fourth-order valence-corrected chi connectivity index (χ4v) is 6.71. The van der Waals surface area contributed by atoms with E-state index in [9.17, 15) is 36.3 Å². The fraction of sp³-hybridized carbons (Fsp3) is 0.645. The minimum Gasteiger partial charge on any atom is -0.490 e. The number of rotatable bonds is 9. The second-order valence-electron chi connectivity index (χ2n) is 12.2. The highest BCUT2D eigenvalue weighted by molar-refractivity contribution is 7.92. The molecule has 4 atom stereocenters. The maximum Gasteiger partial charge on any atom is 0.389 e. The molecule has 1 aromatic heterocycles. The zero-order valence-electron chi connectivity index (χ0n) is 27.6. The Labute approximate surface area is 273 Å². The number of likely N-dealkylation sites (N-methyl/N-ethyl adjacent to an activating group) is 1. The van der Waals surface area contributed by atoms with Crippen molar-refractivity contribution in [3.63, 3.8) is 0 Å². The SMILES string of the molecule is Cc1noc(C)c1S(=O)(=O)Nc1ccc2c(c1)C(=O)N([C@H](C)CO)C[C@H](C)[C@H](CN(C)C(=O)CCC(F)(F)F)OCCCC[C@H](C)O2. The first-order chi connectivity index (χ1) is 21.9. The Bertz CT molecular complexity index is 1460. The molecule has 0 spiro atoms. The number of ether oxygens (including phenoxy) is 2. The molecule has 0 aliphatic carbocycles. The minimum atomic E-state index is -4.46. The molecule has 12 nitrogen and oxygen atoms in total. The smallest absolute Gasteiger partial charge is 0.389 e. The van der Waals surface area contributed by atoms with Gasteiger partial charge >= 0.3 is 6.18 Å². The van der Waals surface area contributed by atoms with E-state index in [0.29, 0.717) is 25.9 Å². The summed E-state index contributed by atoms with van der Waals surface area (Å²) < 4.78 is 84.5. The maximum absolute atomic E-state index is 14.3. The van der Waals surface area contributed by atoms with Crippen LogP contribution in [0.15, 0.2) is 27.6 Å². The third kappa shape index (κ3) is 10.6. The van der Waals surface area contributed by atoms with E-state index in [0.717, 1.165) is 0 Å². The summed E-state index contributed by atoms with van der Waals surface area (Å²) in [6, 6.07) is 3.67. The number of benzene rings is 1. The normalized spacial score (nSPS) is 20.9. The van der Waals surface area contributed by atoms with Gasteiger partial charge in [0, 0.05) is 44.8 Å². The third-order valence-corrected chi connectivity index (χ3v) is 9.67. The van der Waals surface area contributed by atoms with E-state index in [1.807, 2.05) is 6.92 Å². The number of halogens is 3. The van der Waals surface area contributed by atoms with Crippen LogP contribution < -0.4 is 9.46 Å². The number of alkyl halides is 3. The highest BCUT2D eigenvalue weighted by Crippen LogP contribution is 2.30. The number of aryl methyl sites for hydroxylation is 2. The number of hydrogen-bond acceptors (Lipinski definition) is 9. The van der Waals surface area contributed by atoms with E-state index in [4.69, 9.17) is 14.0 Å². The number of aliphatic hydroxyl groups is 1. The average molecular weight is 691 g/mol. The number of nitrogens with one attached hydrogen (secondary N) is 1. The van der Waals surface area contributed by atoms with Crippen molar-refractivity contribution < 1.29 is 50.3 Å². The molecule has 2 N–H and O–H groups in total. The average Bonchev–Trinajstić information content (AvgIpc) is 3.34. The molecule has 264 valence electrons. The number of aliphatic hydroxyl groups excluding tert-OH is 1. The Balaban J connectivity index is 1.97. The van der Waals surface area contributed by atoms with Crippen LogP contribution in [0.25, 0.3) is 0 Å². The summed E-state index contributed by atoms with van der Waals surface area (Å²) in [6.45, 7) is 8.21. The third-order valence-electron chi connectivity index (χ3n) is 8.04. The molecule has 0 radical (unpaired) electrons. The van der Waals surface area contributed by atoms with Crippen LogP contribution in [0.4, 0.5) is 18.9 Å². The van der Waals surface area contributed by atoms with Gasteiger partial charge < -0.3 is 28.9 Å². The largest absolute Gasteiger partial charge is 0.490 e. The predicted molar refractivity (Wildman–Crippen MR) is 167 cm³/mol. The van der Waals surface area contributed by atoms with Crippen LogP contribution in [0.2, 0.25) is 0 Å². The Kier molecular flexibility index (Phi) is 13.1. The Morgan fingerprint density at radius 1 is 1.23 bits per heavy atom. The second-order valence-corrected chi connectivity index (χ2v) is 13.8. The molecule has 0 bridgehead atoms. The van der Waals surface area contributed by atoms with E-state index in [2.05, 4.69) is 9.88 Å². The topological polar surface area (TPSA) is 152 Å². The van der Waals surface area contributed by atoms with Gasteiger partial charge in [-0.05, 0) is 65.2 Å². The predicted octanol–water partition coefficient (Wildman–Crippen LogP) is 4.69. The van der Waals surface area contributed by atoms with Crippen molar-refractivity contribution in [2.45, 2.75) is 96.0 Å². The van der Waals surface area contributed by atoms with Crippen molar-refractivity contribution in [1.82, 2.24) is 15.0 Å². The molecule has 1 aliphatic heterocycles. The Morgan fingerprint density at radius 3 is 2.55 bits per heavy atom. The first-order valence-corrected chi connectivity index (χ1v) is 17.0. The lowest BCUT2D eigenvalue weighted by Crippen LogP contribution is -2.48. The maximum atomic E-state index is 14.3. The van der Waals surface area contributed by atoms with Crippen LogP contribution in [0.5, 0.6) is 5.75 Å². The van der Waals surface area contributed by atoms with Gasteiger partial charge in [-0.15, -0.1) is 0 Å². The van der Waals surface area contributed by atoms with E-state index in [1.54, 1.807) is 13.8 Å². The highest BCUT2D eigenvalue weighted by Gasteiger charge is 2.33. The van der Waals surface area contributed by atoms with Crippen LogP contribution in [0.3, 0.4) is 0 Å². The van der Waals surface area contributed by atoms with Gasteiger partial charge in [-0.25, -0.2) is 8.42 Å². The Morgan fingerprint density at radius 2 is 1.94 bits per heavy atom. The minimum absolute atomic E-state index is 0.00285. The molecule has 0 unspecified atom stereocenters. The van der Waals surface area contributed by atoms with E-state index >= 15 is 0 Å². The van der Waals surface area contributed by atoms with Crippen molar-refractivity contribution in [3.8, 4) is 5.75 Å². The van der Waals surface area contributed by atoms with E-state index in [-0.39, 0.29) is 52.5 Å². The zero-order valence-corrected chi connectivity index (χ0v) is 28.4. The van der Waals surface area contributed by atoms with Gasteiger partial charge in [-0.2, -0.15) is 13.2 Å². The fourth-order valence-electron chi connectivity index (χ4n) is 5.32. The summed E-state index contributed by atoms with van der Waals surface area (Å²) >= 11 is 0. The molecule has 2 amide bonds. The number of fused-ring (bicyclic) bond motifs is 1. The molecular weight excluding hydrogens is 645 g/mol. The lowest BCUT2D eigenvalue weighted by atomic mass is 10.0. The second kappa shape index (κ2) is 16.2. The van der Waals surface area contributed by atoms with Crippen LogP contribution in [0, 0.1) is 19.8 Å². The molecule has 1 aromatic carbocycles. The van der Waals surface area contributed by atoms with Crippen molar-refractivity contribution in [3.05, 3.63) is 35.2 Å². The number of sulfonamides is 1. The van der Waals surface area contributed by atoms with Gasteiger partial charge in [0.1, 0.15) is 11.4 Å². The standard InChI is InChI=1S/C31H45F3N4O8S/c1-19-16-38(20(2)18-39)30(41)25-15-24(36-47(42,43)29-22(4)35-46-23(29)5)10-11-26(25)45-21(3)9-7-8-14-44-27(19)17-37(6)28(40)12-13-31(32,33)34/h10-11,15,19-21,27,36,39H,7-9,12-14,16-18H2,1-6H3/t19-,20+,21-,27-/m0/s1. The molecule has 2 aromatic rings. The summed E-state index contributed by atoms with van der Waals surface area (Å²) in [6.07, 6.45) is -5.40. The quantitative estimate of drug-likeness (QED) is 0.382. The first kappa shape index (κ1) is 38.1. The number of aromatic nitrogens is 1. The van der Waals surface area contributed by atoms with Crippen LogP contribution >= 0.6 is 0 Å². The molecule has 0 saturated heterocycles. The molecular formula is C31H45F3N4O8S. The van der Waals surface area contributed by atoms with Crippen LogP contribution in [-0.4, -0.2) is 98.1 Å². The number of carbonyl (C=O) groups excluding carboxylic acids is 2. The number of hydrogen-bond donors (Lipinski definition) is 2. The van der Waals surface area contributed by atoms with Gasteiger partial charge in [-0.1, -0.05) is 12.1 Å². The van der Waals surface area contributed by atoms with Gasteiger partial charge in [0.15, 0.2) is 10.7 Å². The van der Waals surface area contributed by atoms with Crippen molar-refractivity contribution in [2.24, 2.45) is 5.92 Å². The van der Waals surface area contributed by atoms with Crippen LogP contribution in [-0.2, 0) is 19.6 Å². The van der Waals surface area contributed by atoms with Crippen molar-refractivity contribution in [1.29, 1.82) is 0 Å². The summed E-state index contributed by atoms with van der Waals surface area (Å²) in [5.41, 5.74) is 0.305. The summed E-state index contributed by atoms with van der Waals surface area (Å²) in [5, 5.41) is 13.8. The number of nitrogens with zero attached hydrogens (tertiary/aromatic N) is 3. The lowest BCUT2D eigenvalue weighted by Gasteiger charge is -2.36. The molecule has 1 aliphatic rings. The van der Waals surface area contributed by atoms with Gasteiger partial charge in [0.05, 0.1) is 36.8 Å². The van der Waals surface area contributed by atoms with E-state index in [1.165, 1.54) is 48.9 Å². The van der Waals surface area contributed by atoms with Crippen molar-refractivity contribution in [2.75, 3.05) is 38.1 Å². The summed E-state index contributed by atoms with van der Waals surface area (Å²) in [4.78, 5) is 29.3. The van der Waals surface area contributed by atoms with Gasteiger partial charge in [0.25, 0.3) is 15.9 Å². The zero-order chi connectivity index (χ0) is 35.1. The molecule has 2 heterocycles. The molecule has 3 rings (SSSR count). The molecule has 0 fully saturated rings. The highest BCUT2D eigenvalue weighted by atomic mass is 32.2. The first-order valence-electron chi connectivity index (χ1n) is 15.5. The van der Waals surface area contributed by atoms with E-state index < -0.39 is 65.5 Å². The molecule has 16 heteroatoms. The lowest BCUT2D eigenvalue weighted by molar-refractivity contribution is -0.149. The van der Waals surface area contributed by atoms with Gasteiger partial charge in [-0.3, -0.25) is 14.3 Å². The summed E-state index contributed by atoms with van der Waals surface area (Å²) in [7, 11) is -2.72. The molecule has 0 saturated carbocycles. The molecule has 47 heavy (non-hydrogen) atoms. The number of carbonyl (C=O) groups is 2.